The largest absolute Gasteiger partial charge is 0.480 e. The van der Waals surface area contributed by atoms with Crippen LogP contribution < -0.4 is 0 Å². The van der Waals surface area contributed by atoms with Gasteiger partial charge in [-0.3, -0.25) is 9.69 Å². The van der Waals surface area contributed by atoms with Gasteiger partial charge in [-0.15, -0.1) is 0 Å². The minimum Gasteiger partial charge on any atom is -0.480 e. The third-order valence-electron chi connectivity index (χ3n) is 2.77. The number of carbonyl (C=O) groups is 1. The predicted octanol–water partition coefficient (Wildman–Crippen LogP) is 0.959. The Labute approximate surface area is 84.8 Å². The van der Waals surface area contributed by atoms with Gasteiger partial charge in [0.15, 0.2) is 0 Å². The fourth-order valence-electron chi connectivity index (χ4n) is 2.14. The molecule has 1 N–H and O–H groups in total. The van der Waals surface area contributed by atoms with Crippen molar-refractivity contribution in [3.8, 4) is 0 Å². The number of ether oxygens (including phenoxy) is 1. The van der Waals surface area contributed by atoms with Gasteiger partial charge in [0.05, 0.1) is 13.2 Å². The van der Waals surface area contributed by atoms with Gasteiger partial charge in [-0.05, 0) is 20.3 Å². The van der Waals surface area contributed by atoms with E-state index in [-0.39, 0.29) is 18.1 Å². The van der Waals surface area contributed by atoms with Crippen molar-refractivity contribution in [2.75, 3.05) is 13.2 Å². The van der Waals surface area contributed by atoms with Crippen LogP contribution in [-0.4, -0.2) is 47.3 Å². The summed E-state index contributed by atoms with van der Waals surface area (Å²) in [5.74, 6) is -0.729. The zero-order valence-electron chi connectivity index (χ0n) is 9.06. The van der Waals surface area contributed by atoms with E-state index in [0.717, 1.165) is 0 Å². The molecule has 0 bridgehead atoms. The monoisotopic (exact) mass is 201 g/mol. The van der Waals surface area contributed by atoms with Gasteiger partial charge >= 0.3 is 5.97 Å². The van der Waals surface area contributed by atoms with Crippen LogP contribution >= 0.6 is 0 Å². The van der Waals surface area contributed by atoms with Gasteiger partial charge in [0, 0.05) is 12.1 Å². The lowest BCUT2D eigenvalue weighted by atomic mass is 10.1. The smallest absolute Gasteiger partial charge is 0.320 e. The van der Waals surface area contributed by atoms with Gasteiger partial charge in [-0.2, -0.15) is 0 Å². The molecule has 1 aliphatic rings. The molecule has 0 aliphatic carbocycles. The standard InChI is InChI=1S/C10H19NO3/c1-4-9(10(12)13)11-7(2)5-14-6-8(11)3/h7-9H,4-6H2,1-3H3,(H,12,13). The van der Waals surface area contributed by atoms with E-state index in [1.807, 2.05) is 25.7 Å². The van der Waals surface area contributed by atoms with Gasteiger partial charge < -0.3 is 9.84 Å². The molecule has 0 aromatic carbocycles. The van der Waals surface area contributed by atoms with Crippen molar-refractivity contribution in [3.63, 3.8) is 0 Å². The molecule has 0 spiro atoms. The Morgan fingerprint density at radius 3 is 2.36 bits per heavy atom. The summed E-state index contributed by atoms with van der Waals surface area (Å²) in [4.78, 5) is 13.1. The zero-order chi connectivity index (χ0) is 10.7. The number of rotatable bonds is 3. The second kappa shape index (κ2) is 4.75. The average molecular weight is 201 g/mol. The van der Waals surface area contributed by atoms with Crippen molar-refractivity contribution in [1.82, 2.24) is 4.90 Å². The quantitative estimate of drug-likeness (QED) is 0.739. The first-order chi connectivity index (χ1) is 6.57. The summed E-state index contributed by atoms with van der Waals surface area (Å²) >= 11 is 0. The molecule has 0 aromatic rings. The number of hydrogen-bond acceptors (Lipinski definition) is 3. The molecule has 4 heteroatoms. The summed E-state index contributed by atoms with van der Waals surface area (Å²) in [5.41, 5.74) is 0. The van der Waals surface area contributed by atoms with Crippen LogP contribution in [0, 0.1) is 0 Å². The SMILES string of the molecule is CCC(C(=O)O)N1C(C)COCC1C. The number of carboxylic acid groups (broad SMARTS) is 1. The van der Waals surface area contributed by atoms with E-state index < -0.39 is 5.97 Å². The highest BCUT2D eigenvalue weighted by Crippen LogP contribution is 2.18. The number of morpholine rings is 1. The maximum Gasteiger partial charge on any atom is 0.320 e. The zero-order valence-corrected chi connectivity index (χ0v) is 9.06. The second-order valence-electron chi connectivity index (χ2n) is 3.94. The summed E-state index contributed by atoms with van der Waals surface area (Å²) in [6, 6.07) is 0.0171. The Balaban J connectivity index is 2.74. The van der Waals surface area contributed by atoms with Crippen molar-refractivity contribution in [1.29, 1.82) is 0 Å². The van der Waals surface area contributed by atoms with E-state index in [4.69, 9.17) is 9.84 Å². The Morgan fingerprint density at radius 1 is 1.50 bits per heavy atom. The molecule has 3 unspecified atom stereocenters. The number of hydrogen-bond donors (Lipinski definition) is 1. The number of carboxylic acids is 1. The molecule has 4 nitrogen and oxygen atoms in total. The van der Waals surface area contributed by atoms with Crippen molar-refractivity contribution in [2.45, 2.75) is 45.3 Å². The van der Waals surface area contributed by atoms with Crippen LogP contribution in [0.3, 0.4) is 0 Å². The third-order valence-corrected chi connectivity index (χ3v) is 2.77. The van der Waals surface area contributed by atoms with Gasteiger partial charge in [-0.1, -0.05) is 6.92 Å². The first-order valence-electron chi connectivity index (χ1n) is 5.15. The maximum absolute atomic E-state index is 11.0. The first kappa shape index (κ1) is 11.5. The van der Waals surface area contributed by atoms with Crippen LogP contribution in [0.4, 0.5) is 0 Å². The fourth-order valence-corrected chi connectivity index (χ4v) is 2.14. The molecule has 0 aromatic heterocycles. The lowest BCUT2D eigenvalue weighted by Gasteiger charge is -2.41. The van der Waals surface area contributed by atoms with Crippen molar-refractivity contribution < 1.29 is 14.6 Å². The highest BCUT2D eigenvalue weighted by atomic mass is 16.5. The van der Waals surface area contributed by atoms with E-state index >= 15 is 0 Å². The molecule has 82 valence electrons. The van der Waals surface area contributed by atoms with Gasteiger partial charge in [0.2, 0.25) is 0 Å². The van der Waals surface area contributed by atoms with Crippen LogP contribution in [0.2, 0.25) is 0 Å². The Kier molecular flexibility index (Phi) is 3.89. The van der Waals surface area contributed by atoms with Gasteiger partial charge in [0.25, 0.3) is 0 Å². The number of nitrogens with zero attached hydrogens (tertiary/aromatic N) is 1. The van der Waals surface area contributed by atoms with Crippen LogP contribution in [0.15, 0.2) is 0 Å². The highest BCUT2D eigenvalue weighted by molar-refractivity contribution is 5.73. The minimum atomic E-state index is -0.729. The summed E-state index contributed by atoms with van der Waals surface area (Å²) in [6.45, 7) is 7.21. The van der Waals surface area contributed by atoms with E-state index in [2.05, 4.69) is 0 Å². The predicted molar refractivity (Wildman–Crippen MR) is 53.3 cm³/mol. The van der Waals surface area contributed by atoms with Crippen molar-refractivity contribution in [2.24, 2.45) is 0 Å². The molecule has 3 atom stereocenters. The van der Waals surface area contributed by atoms with Gasteiger partial charge in [-0.25, -0.2) is 0 Å². The fraction of sp³-hybridized carbons (Fsp3) is 0.900. The molecule has 0 saturated carbocycles. The summed E-state index contributed by atoms with van der Waals surface area (Å²) in [5, 5.41) is 9.08. The molecule has 1 rings (SSSR count). The lowest BCUT2D eigenvalue weighted by molar-refractivity contribution is -0.150. The topological polar surface area (TPSA) is 49.8 Å². The third kappa shape index (κ3) is 2.25. The summed E-state index contributed by atoms with van der Waals surface area (Å²) in [6.07, 6.45) is 0.643. The Morgan fingerprint density at radius 2 is 2.00 bits per heavy atom. The van der Waals surface area contributed by atoms with Crippen molar-refractivity contribution in [3.05, 3.63) is 0 Å². The minimum absolute atomic E-state index is 0.194. The van der Waals surface area contributed by atoms with E-state index in [1.165, 1.54) is 0 Å². The molecule has 1 aliphatic heterocycles. The van der Waals surface area contributed by atoms with Crippen LogP contribution in [0.5, 0.6) is 0 Å². The summed E-state index contributed by atoms with van der Waals surface area (Å²) in [7, 11) is 0. The van der Waals surface area contributed by atoms with Crippen molar-refractivity contribution >= 4 is 5.97 Å². The molecule has 14 heavy (non-hydrogen) atoms. The maximum atomic E-state index is 11.0. The lowest BCUT2D eigenvalue weighted by Crippen LogP contribution is -2.56. The van der Waals surface area contributed by atoms with E-state index in [0.29, 0.717) is 19.6 Å². The first-order valence-corrected chi connectivity index (χ1v) is 5.15. The second-order valence-corrected chi connectivity index (χ2v) is 3.94. The molecular formula is C10H19NO3. The molecule has 1 saturated heterocycles. The molecular weight excluding hydrogens is 182 g/mol. The highest BCUT2D eigenvalue weighted by Gasteiger charge is 2.34. The van der Waals surface area contributed by atoms with Crippen LogP contribution in [0.1, 0.15) is 27.2 Å². The molecule has 1 fully saturated rings. The molecule has 0 amide bonds. The van der Waals surface area contributed by atoms with E-state index in [9.17, 15) is 4.79 Å². The summed E-state index contributed by atoms with van der Waals surface area (Å²) < 4.78 is 5.36. The average Bonchev–Trinajstić information content (AvgIpc) is 2.10. The van der Waals surface area contributed by atoms with Crippen LogP contribution in [0.25, 0.3) is 0 Å². The Bertz CT molecular complexity index is 198. The van der Waals surface area contributed by atoms with Gasteiger partial charge in [0.1, 0.15) is 6.04 Å². The van der Waals surface area contributed by atoms with E-state index in [1.54, 1.807) is 0 Å². The Hall–Kier alpha value is -0.610. The van der Waals surface area contributed by atoms with Crippen LogP contribution in [-0.2, 0) is 9.53 Å². The number of aliphatic carboxylic acids is 1. The molecule has 1 heterocycles. The molecule has 0 radical (unpaired) electrons. The normalized spacial score (nSPS) is 31.4.